The highest BCUT2D eigenvalue weighted by atomic mass is 79.9. The third kappa shape index (κ3) is 5.31. The van der Waals surface area contributed by atoms with Crippen molar-refractivity contribution >= 4 is 47.8 Å². The van der Waals surface area contributed by atoms with Crippen LogP contribution in [0.25, 0.3) is 0 Å². The van der Waals surface area contributed by atoms with Crippen molar-refractivity contribution in [2.45, 2.75) is 39.0 Å². The summed E-state index contributed by atoms with van der Waals surface area (Å²) in [6.45, 7) is 3.02. The smallest absolute Gasteiger partial charge is 0.134 e. The van der Waals surface area contributed by atoms with Gasteiger partial charge >= 0.3 is 0 Å². The first-order chi connectivity index (χ1) is 8.16. The lowest BCUT2D eigenvalue weighted by Gasteiger charge is -2.10. The Morgan fingerprint density at radius 1 is 0.941 bits per heavy atom. The van der Waals surface area contributed by atoms with Gasteiger partial charge in [0.2, 0.25) is 0 Å². The van der Waals surface area contributed by atoms with Crippen molar-refractivity contribution < 1.29 is 4.74 Å². The minimum Gasteiger partial charge on any atom is -0.492 e. The molecule has 0 aliphatic carbocycles. The maximum absolute atomic E-state index is 5.76. The minimum absolute atomic E-state index is 0.788. The molecule has 0 aliphatic rings. The monoisotopic (exact) mass is 426 g/mol. The molecule has 0 fully saturated rings. The molecule has 0 spiro atoms. The van der Waals surface area contributed by atoms with Crippen LogP contribution in [0.3, 0.4) is 0 Å². The van der Waals surface area contributed by atoms with Crippen LogP contribution in [0.4, 0.5) is 0 Å². The lowest BCUT2D eigenvalue weighted by molar-refractivity contribution is 0.302. The lowest BCUT2D eigenvalue weighted by atomic mass is 10.2. The number of ether oxygens (including phenoxy) is 1. The van der Waals surface area contributed by atoms with Crippen LogP contribution >= 0.6 is 47.8 Å². The predicted octanol–water partition coefficient (Wildman–Crippen LogP) is 6.32. The van der Waals surface area contributed by atoms with E-state index in [9.17, 15) is 0 Å². The van der Waals surface area contributed by atoms with Crippen LogP contribution in [0.2, 0.25) is 0 Å². The summed E-state index contributed by atoms with van der Waals surface area (Å²) < 4.78 is 8.76. The maximum atomic E-state index is 5.76. The molecule has 1 aromatic carbocycles. The topological polar surface area (TPSA) is 9.23 Å². The second-order valence-electron chi connectivity index (χ2n) is 3.94. The first-order valence-electron chi connectivity index (χ1n) is 5.93. The first-order valence-corrected chi connectivity index (χ1v) is 8.31. The summed E-state index contributed by atoms with van der Waals surface area (Å²) in [6.07, 6.45) is 6.30. The van der Waals surface area contributed by atoms with Crippen molar-refractivity contribution in [3.63, 3.8) is 0 Å². The maximum Gasteiger partial charge on any atom is 0.134 e. The highest BCUT2D eigenvalue weighted by molar-refractivity contribution is 9.14. The Hall–Kier alpha value is 0.460. The van der Waals surface area contributed by atoms with Gasteiger partial charge in [-0.15, -0.1) is 0 Å². The average Bonchev–Trinajstić information content (AvgIpc) is 2.33. The van der Waals surface area contributed by atoms with Crippen LogP contribution in [0.15, 0.2) is 25.6 Å². The summed E-state index contributed by atoms with van der Waals surface area (Å²) in [5.41, 5.74) is 0. The highest BCUT2D eigenvalue weighted by Gasteiger charge is 2.08. The molecule has 0 unspecified atom stereocenters. The van der Waals surface area contributed by atoms with Gasteiger partial charge in [0.25, 0.3) is 0 Å². The van der Waals surface area contributed by atoms with E-state index in [-0.39, 0.29) is 0 Å². The van der Waals surface area contributed by atoms with Crippen LogP contribution in [0.1, 0.15) is 39.0 Å². The summed E-state index contributed by atoms with van der Waals surface area (Å²) in [5, 5.41) is 0. The molecule has 0 aliphatic heterocycles. The molecule has 1 aromatic rings. The summed E-state index contributed by atoms with van der Waals surface area (Å²) in [6, 6.07) is 3.96. The van der Waals surface area contributed by atoms with Gasteiger partial charge in [-0.05, 0) is 66.3 Å². The van der Waals surface area contributed by atoms with E-state index < -0.39 is 0 Å². The van der Waals surface area contributed by atoms with Crippen molar-refractivity contribution in [3.05, 3.63) is 25.6 Å². The fourth-order valence-electron chi connectivity index (χ4n) is 1.51. The molecule has 0 heterocycles. The molecule has 0 amide bonds. The van der Waals surface area contributed by atoms with Crippen molar-refractivity contribution in [2.24, 2.45) is 0 Å². The second kappa shape index (κ2) is 8.54. The van der Waals surface area contributed by atoms with Crippen molar-refractivity contribution in [1.29, 1.82) is 0 Å². The summed E-state index contributed by atoms with van der Waals surface area (Å²) in [7, 11) is 0. The predicted molar refractivity (Wildman–Crippen MR) is 83.8 cm³/mol. The largest absolute Gasteiger partial charge is 0.492 e. The molecule has 0 radical (unpaired) electrons. The Balaban J connectivity index is 2.35. The Morgan fingerprint density at radius 2 is 1.65 bits per heavy atom. The van der Waals surface area contributed by atoms with Gasteiger partial charge in [0.05, 0.1) is 11.1 Å². The Bertz CT molecular complexity index is 353. The van der Waals surface area contributed by atoms with E-state index in [1.165, 1.54) is 25.7 Å². The van der Waals surface area contributed by atoms with Crippen molar-refractivity contribution in [1.82, 2.24) is 0 Å². The van der Waals surface area contributed by atoms with E-state index in [4.69, 9.17) is 4.74 Å². The number of halogens is 3. The molecular formula is C13H17Br3O. The number of hydrogen-bond acceptors (Lipinski definition) is 1. The van der Waals surface area contributed by atoms with Crippen LogP contribution in [0.5, 0.6) is 5.75 Å². The molecule has 1 nitrogen and oxygen atoms in total. The van der Waals surface area contributed by atoms with Gasteiger partial charge in [-0.1, -0.05) is 32.6 Å². The molecule has 4 heteroatoms. The molecule has 96 valence electrons. The fourth-order valence-corrected chi connectivity index (χ4v) is 2.89. The van der Waals surface area contributed by atoms with Gasteiger partial charge in [-0.2, -0.15) is 0 Å². The Morgan fingerprint density at radius 3 is 2.35 bits per heavy atom. The number of benzene rings is 1. The highest BCUT2D eigenvalue weighted by Crippen LogP contribution is 2.37. The van der Waals surface area contributed by atoms with Gasteiger partial charge < -0.3 is 4.74 Å². The van der Waals surface area contributed by atoms with Crippen LogP contribution in [0, 0.1) is 0 Å². The fraction of sp³-hybridized carbons (Fsp3) is 0.538. The normalized spacial score (nSPS) is 10.6. The Kier molecular flexibility index (Phi) is 7.80. The van der Waals surface area contributed by atoms with E-state index in [0.29, 0.717) is 0 Å². The zero-order valence-electron chi connectivity index (χ0n) is 9.94. The SMILES string of the molecule is CCCCCCCOc1ccc(Br)c(Br)c1Br. The van der Waals surface area contributed by atoms with Crippen LogP contribution in [-0.2, 0) is 0 Å². The molecule has 17 heavy (non-hydrogen) atoms. The van der Waals surface area contributed by atoms with E-state index in [0.717, 1.165) is 32.2 Å². The zero-order valence-corrected chi connectivity index (χ0v) is 14.7. The molecule has 0 saturated heterocycles. The lowest BCUT2D eigenvalue weighted by Crippen LogP contribution is -1.98. The van der Waals surface area contributed by atoms with Gasteiger partial charge in [0.1, 0.15) is 5.75 Å². The standard InChI is InChI=1S/C13H17Br3O/c1-2-3-4-5-6-9-17-11-8-7-10(14)12(15)13(11)16/h7-8H,2-6,9H2,1H3. The average molecular weight is 429 g/mol. The molecule has 0 N–H and O–H groups in total. The van der Waals surface area contributed by atoms with Gasteiger partial charge in [-0.3, -0.25) is 0 Å². The Labute approximate surface area is 129 Å². The summed E-state index contributed by atoms with van der Waals surface area (Å²) in [4.78, 5) is 0. The molecule has 1 rings (SSSR count). The number of unbranched alkanes of at least 4 members (excludes halogenated alkanes) is 4. The van der Waals surface area contributed by atoms with Crippen LogP contribution < -0.4 is 4.74 Å². The van der Waals surface area contributed by atoms with Gasteiger partial charge in [0, 0.05) is 8.95 Å². The van der Waals surface area contributed by atoms with Crippen molar-refractivity contribution in [2.75, 3.05) is 6.61 Å². The summed E-state index contributed by atoms with van der Waals surface area (Å²) in [5.74, 6) is 0.899. The third-order valence-corrected chi connectivity index (χ3v) is 5.84. The quantitative estimate of drug-likeness (QED) is 0.364. The van der Waals surface area contributed by atoms with Gasteiger partial charge in [-0.25, -0.2) is 0 Å². The second-order valence-corrected chi connectivity index (χ2v) is 6.38. The molecule has 0 atom stereocenters. The van der Waals surface area contributed by atoms with Gasteiger partial charge in [0.15, 0.2) is 0 Å². The van der Waals surface area contributed by atoms with E-state index in [1.807, 2.05) is 12.1 Å². The molecule has 0 aromatic heterocycles. The van der Waals surface area contributed by atoms with Crippen molar-refractivity contribution in [3.8, 4) is 5.75 Å². The third-order valence-electron chi connectivity index (χ3n) is 2.51. The molecule has 0 bridgehead atoms. The first kappa shape index (κ1) is 15.5. The van der Waals surface area contributed by atoms with Crippen LogP contribution in [-0.4, -0.2) is 6.61 Å². The number of hydrogen-bond donors (Lipinski definition) is 0. The van der Waals surface area contributed by atoms with E-state index >= 15 is 0 Å². The number of rotatable bonds is 7. The van der Waals surface area contributed by atoms with E-state index in [2.05, 4.69) is 54.7 Å². The summed E-state index contributed by atoms with van der Waals surface area (Å²) >= 11 is 10.5. The zero-order chi connectivity index (χ0) is 12.7. The molecule has 0 saturated carbocycles. The minimum atomic E-state index is 0.788. The van der Waals surface area contributed by atoms with E-state index in [1.54, 1.807) is 0 Å². The molecular weight excluding hydrogens is 412 g/mol.